The van der Waals surface area contributed by atoms with Crippen LogP contribution >= 0.6 is 23.8 Å². The second-order valence-electron chi connectivity index (χ2n) is 4.70. The number of amides is 1. The van der Waals surface area contributed by atoms with E-state index in [9.17, 15) is 4.79 Å². The lowest BCUT2D eigenvalue weighted by Gasteiger charge is -2.13. The number of hydrazine groups is 1. The Kier molecular flexibility index (Phi) is 5.75. The van der Waals surface area contributed by atoms with Crippen LogP contribution < -0.4 is 16.2 Å². The molecule has 1 amide bonds. The van der Waals surface area contributed by atoms with Gasteiger partial charge in [0.25, 0.3) is 0 Å². The van der Waals surface area contributed by atoms with Gasteiger partial charge in [-0.05, 0) is 42.4 Å². The van der Waals surface area contributed by atoms with Crippen molar-refractivity contribution in [2.75, 3.05) is 5.32 Å². The minimum absolute atomic E-state index is 0.168. The number of hydrogen-bond donors (Lipinski definition) is 3. The molecule has 0 aromatic heterocycles. The fourth-order valence-corrected chi connectivity index (χ4v) is 2.18. The zero-order valence-corrected chi connectivity index (χ0v) is 13.6. The SMILES string of the molecule is Cc1c(Cl)cccc1NC(=S)NNC(=O)Cc1ccccc1. The van der Waals surface area contributed by atoms with E-state index in [1.807, 2.05) is 49.4 Å². The molecule has 0 atom stereocenters. The number of halogens is 1. The fourth-order valence-electron chi connectivity index (χ4n) is 1.85. The first kappa shape index (κ1) is 16.3. The average molecular weight is 334 g/mol. The number of nitrogens with one attached hydrogen (secondary N) is 3. The molecule has 2 rings (SSSR count). The molecule has 0 aliphatic carbocycles. The van der Waals surface area contributed by atoms with Crippen LogP contribution in [0, 0.1) is 6.92 Å². The molecule has 6 heteroatoms. The van der Waals surface area contributed by atoms with Crippen molar-refractivity contribution in [1.82, 2.24) is 10.9 Å². The van der Waals surface area contributed by atoms with Gasteiger partial charge in [-0.25, -0.2) is 0 Å². The van der Waals surface area contributed by atoms with E-state index < -0.39 is 0 Å². The number of thiocarbonyl (C=S) groups is 1. The Morgan fingerprint density at radius 1 is 1.09 bits per heavy atom. The van der Waals surface area contributed by atoms with Crippen molar-refractivity contribution in [2.24, 2.45) is 0 Å². The lowest BCUT2D eigenvalue weighted by atomic mass is 10.1. The van der Waals surface area contributed by atoms with E-state index in [2.05, 4.69) is 16.2 Å². The van der Waals surface area contributed by atoms with E-state index >= 15 is 0 Å². The number of carbonyl (C=O) groups is 1. The molecule has 0 spiro atoms. The summed E-state index contributed by atoms with van der Waals surface area (Å²) in [4.78, 5) is 11.8. The molecule has 0 bridgehead atoms. The summed E-state index contributed by atoms with van der Waals surface area (Å²) in [5, 5.41) is 3.94. The van der Waals surface area contributed by atoms with Crippen molar-refractivity contribution >= 4 is 40.5 Å². The molecule has 0 saturated heterocycles. The first-order valence-corrected chi connectivity index (χ1v) is 7.50. The standard InChI is InChI=1S/C16H16ClN3OS/c1-11-13(17)8-5-9-14(11)18-16(22)20-19-15(21)10-12-6-3-2-4-7-12/h2-9H,10H2,1H3,(H,19,21)(H2,18,20,22). The second-order valence-corrected chi connectivity index (χ2v) is 5.52. The quantitative estimate of drug-likeness (QED) is 0.596. The Morgan fingerprint density at radius 3 is 2.55 bits per heavy atom. The second kappa shape index (κ2) is 7.77. The molecule has 0 saturated carbocycles. The Bertz CT molecular complexity index is 676. The highest BCUT2D eigenvalue weighted by atomic mass is 35.5. The van der Waals surface area contributed by atoms with Crippen LogP contribution in [0.1, 0.15) is 11.1 Å². The normalized spacial score (nSPS) is 9.91. The van der Waals surface area contributed by atoms with E-state index in [-0.39, 0.29) is 12.3 Å². The molecule has 2 aromatic rings. The van der Waals surface area contributed by atoms with Gasteiger partial charge in [0, 0.05) is 10.7 Å². The largest absolute Gasteiger partial charge is 0.331 e. The molecule has 0 heterocycles. The molecule has 0 aliphatic heterocycles. The predicted molar refractivity (Wildman–Crippen MR) is 93.8 cm³/mol. The van der Waals surface area contributed by atoms with Gasteiger partial charge in [0.1, 0.15) is 0 Å². The van der Waals surface area contributed by atoms with Gasteiger partial charge in [0.2, 0.25) is 5.91 Å². The van der Waals surface area contributed by atoms with E-state index in [0.717, 1.165) is 16.8 Å². The van der Waals surface area contributed by atoms with Crippen molar-refractivity contribution in [3.05, 3.63) is 64.7 Å². The number of benzene rings is 2. The lowest BCUT2D eigenvalue weighted by molar-refractivity contribution is -0.120. The topological polar surface area (TPSA) is 53.2 Å². The van der Waals surface area contributed by atoms with E-state index in [4.69, 9.17) is 23.8 Å². The average Bonchev–Trinajstić information content (AvgIpc) is 2.51. The maximum atomic E-state index is 11.8. The maximum absolute atomic E-state index is 11.8. The highest BCUT2D eigenvalue weighted by Crippen LogP contribution is 2.22. The van der Waals surface area contributed by atoms with Gasteiger partial charge < -0.3 is 5.32 Å². The van der Waals surface area contributed by atoms with Gasteiger partial charge in [-0.1, -0.05) is 48.0 Å². The van der Waals surface area contributed by atoms with Crippen LogP contribution in [0.25, 0.3) is 0 Å². The van der Waals surface area contributed by atoms with E-state index in [0.29, 0.717) is 10.1 Å². The van der Waals surface area contributed by atoms with Crippen molar-refractivity contribution < 1.29 is 4.79 Å². The molecule has 0 unspecified atom stereocenters. The summed E-state index contributed by atoms with van der Waals surface area (Å²) in [7, 11) is 0. The third kappa shape index (κ3) is 4.72. The Labute approximate surface area is 139 Å². The van der Waals surface area contributed by atoms with Crippen LogP contribution in [-0.2, 0) is 11.2 Å². The molecule has 2 aromatic carbocycles. The zero-order valence-electron chi connectivity index (χ0n) is 12.0. The number of rotatable bonds is 3. The first-order valence-electron chi connectivity index (χ1n) is 6.71. The van der Waals surface area contributed by atoms with Crippen molar-refractivity contribution in [2.45, 2.75) is 13.3 Å². The summed E-state index contributed by atoms with van der Waals surface area (Å²) < 4.78 is 0. The number of carbonyl (C=O) groups excluding carboxylic acids is 1. The highest BCUT2D eigenvalue weighted by Gasteiger charge is 2.06. The monoisotopic (exact) mass is 333 g/mol. The summed E-state index contributed by atoms with van der Waals surface area (Å²) in [6, 6.07) is 15.0. The van der Waals surface area contributed by atoms with Crippen LogP contribution in [0.2, 0.25) is 5.02 Å². The van der Waals surface area contributed by atoms with Gasteiger partial charge in [0.15, 0.2) is 5.11 Å². The first-order chi connectivity index (χ1) is 10.6. The summed E-state index contributed by atoms with van der Waals surface area (Å²) in [6.45, 7) is 1.89. The minimum atomic E-state index is -0.168. The third-order valence-electron chi connectivity index (χ3n) is 3.04. The Morgan fingerprint density at radius 2 is 1.82 bits per heavy atom. The third-order valence-corrected chi connectivity index (χ3v) is 3.65. The summed E-state index contributed by atoms with van der Waals surface area (Å²) >= 11 is 11.2. The Balaban J connectivity index is 1.83. The van der Waals surface area contributed by atoms with Gasteiger partial charge in [0.05, 0.1) is 6.42 Å². The van der Waals surface area contributed by atoms with Gasteiger partial charge in [-0.2, -0.15) is 0 Å². The van der Waals surface area contributed by atoms with Crippen molar-refractivity contribution in [3.8, 4) is 0 Å². The predicted octanol–water partition coefficient (Wildman–Crippen LogP) is 3.21. The molecule has 4 nitrogen and oxygen atoms in total. The van der Waals surface area contributed by atoms with Crippen molar-refractivity contribution in [1.29, 1.82) is 0 Å². The highest BCUT2D eigenvalue weighted by molar-refractivity contribution is 7.80. The molecular formula is C16H16ClN3OS. The van der Waals surface area contributed by atoms with Crippen LogP contribution in [-0.4, -0.2) is 11.0 Å². The van der Waals surface area contributed by atoms with Crippen LogP contribution in [0.3, 0.4) is 0 Å². The molecular weight excluding hydrogens is 318 g/mol. The maximum Gasteiger partial charge on any atom is 0.242 e. The zero-order chi connectivity index (χ0) is 15.9. The molecule has 114 valence electrons. The molecule has 3 N–H and O–H groups in total. The van der Waals surface area contributed by atoms with Crippen LogP contribution in [0.5, 0.6) is 0 Å². The summed E-state index contributed by atoms with van der Waals surface area (Å²) in [5.74, 6) is -0.168. The smallest absolute Gasteiger partial charge is 0.242 e. The van der Waals surface area contributed by atoms with Crippen LogP contribution in [0.15, 0.2) is 48.5 Å². The molecule has 0 aliphatic rings. The number of hydrogen-bond acceptors (Lipinski definition) is 2. The fraction of sp³-hybridized carbons (Fsp3) is 0.125. The lowest BCUT2D eigenvalue weighted by Crippen LogP contribution is -2.44. The Hall–Kier alpha value is -2.11. The van der Waals surface area contributed by atoms with Gasteiger partial charge in [-0.3, -0.25) is 15.6 Å². The molecule has 0 fully saturated rings. The molecule has 0 radical (unpaired) electrons. The van der Waals surface area contributed by atoms with Crippen LogP contribution in [0.4, 0.5) is 5.69 Å². The summed E-state index contributed by atoms with van der Waals surface area (Å²) in [5.41, 5.74) is 7.86. The van der Waals surface area contributed by atoms with E-state index in [1.165, 1.54) is 0 Å². The molecule has 22 heavy (non-hydrogen) atoms. The number of anilines is 1. The van der Waals surface area contributed by atoms with E-state index in [1.54, 1.807) is 6.07 Å². The van der Waals surface area contributed by atoms with Gasteiger partial charge >= 0.3 is 0 Å². The minimum Gasteiger partial charge on any atom is -0.331 e. The van der Waals surface area contributed by atoms with Crippen molar-refractivity contribution in [3.63, 3.8) is 0 Å². The summed E-state index contributed by atoms with van der Waals surface area (Å²) in [6.07, 6.45) is 0.284. The van der Waals surface area contributed by atoms with Gasteiger partial charge in [-0.15, -0.1) is 0 Å².